The normalized spacial score (nSPS) is 18.3. The highest BCUT2D eigenvalue weighted by molar-refractivity contribution is 5.76. The van der Waals surface area contributed by atoms with Crippen LogP contribution >= 0.6 is 0 Å². The van der Waals surface area contributed by atoms with Gasteiger partial charge in [-0.1, -0.05) is 26.2 Å². The molecule has 1 unspecified atom stereocenters. The van der Waals surface area contributed by atoms with Crippen LogP contribution in [0.2, 0.25) is 0 Å². The molecule has 1 aliphatic carbocycles. The molecule has 0 radical (unpaired) electrons. The average Bonchev–Trinajstić information content (AvgIpc) is 2.11. The van der Waals surface area contributed by atoms with E-state index in [1.807, 2.05) is 0 Å². The van der Waals surface area contributed by atoms with Gasteiger partial charge in [-0.15, -0.1) is 0 Å². The third-order valence-corrected chi connectivity index (χ3v) is 3.31. The van der Waals surface area contributed by atoms with Crippen LogP contribution in [0.3, 0.4) is 0 Å². The summed E-state index contributed by atoms with van der Waals surface area (Å²) in [6, 6.07) is 0.415. The predicted octanol–water partition coefficient (Wildman–Crippen LogP) is 1.81. The molecule has 88 valence electrons. The zero-order valence-corrected chi connectivity index (χ0v) is 9.80. The van der Waals surface area contributed by atoms with E-state index in [1.165, 1.54) is 32.1 Å². The maximum atomic E-state index is 11.5. The molecular formula is C12H24N2O. The van der Waals surface area contributed by atoms with Crippen LogP contribution in [0.15, 0.2) is 0 Å². The molecule has 1 atom stereocenters. The summed E-state index contributed by atoms with van der Waals surface area (Å²) in [6.45, 7) is 2.65. The Balaban J connectivity index is 2.30. The fourth-order valence-electron chi connectivity index (χ4n) is 2.10. The van der Waals surface area contributed by atoms with Crippen molar-refractivity contribution >= 4 is 5.91 Å². The van der Waals surface area contributed by atoms with Gasteiger partial charge in [0.15, 0.2) is 0 Å². The van der Waals surface area contributed by atoms with Crippen LogP contribution in [0, 0.1) is 5.92 Å². The van der Waals surface area contributed by atoms with Crippen molar-refractivity contribution in [2.24, 2.45) is 11.7 Å². The smallest absolute Gasteiger partial charge is 0.221 e. The zero-order valence-electron chi connectivity index (χ0n) is 9.80. The molecule has 0 aliphatic heterocycles. The number of unbranched alkanes of at least 4 members (excludes halogenated alkanes) is 1. The van der Waals surface area contributed by atoms with Crippen LogP contribution in [0.25, 0.3) is 0 Å². The van der Waals surface area contributed by atoms with E-state index in [2.05, 4.69) is 12.2 Å². The van der Waals surface area contributed by atoms with Gasteiger partial charge in [-0.2, -0.15) is 0 Å². The maximum absolute atomic E-state index is 11.5. The third-order valence-electron chi connectivity index (χ3n) is 3.31. The van der Waals surface area contributed by atoms with Crippen molar-refractivity contribution in [2.45, 2.75) is 57.9 Å². The fourth-order valence-corrected chi connectivity index (χ4v) is 2.10. The van der Waals surface area contributed by atoms with Gasteiger partial charge in [0.05, 0.1) is 0 Å². The first-order chi connectivity index (χ1) is 7.27. The molecule has 0 aromatic heterocycles. The van der Waals surface area contributed by atoms with Crippen molar-refractivity contribution in [3.8, 4) is 0 Å². The van der Waals surface area contributed by atoms with Crippen LogP contribution in [-0.4, -0.2) is 18.5 Å². The van der Waals surface area contributed by atoms with E-state index in [0.29, 0.717) is 19.0 Å². The zero-order chi connectivity index (χ0) is 11.1. The summed E-state index contributed by atoms with van der Waals surface area (Å²) in [7, 11) is 0. The Morgan fingerprint density at radius 1 is 1.53 bits per heavy atom. The first kappa shape index (κ1) is 12.5. The van der Waals surface area contributed by atoms with Crippen molar-refractivity contribution in [1.29, 1.82) is 0 Å². The number of carbonyl (C=O) groups excluding carboxylic acids is 1. The molecule has 1 amide bonds. The Kier molecular flexibility index (Phi) is 5.69. The summed E-state index contributed by atoms with van der Waals surface area (Å²) in [5.74, 6) is 0.865. The molecular weight excluding hydrogens is 188 g/mol. The molecule has 0 heterocycles. The largest absolute Gasteiger partial charge is 0.353 e. The van der Waals surface area contributed by atoms with Crippen molar-refractivity contribution in [3.63, 3.8) is 0 Å². The van der Waals surface area contributed by atoms with Crippen LogP contribution < -0.4 is 11.1 Å². The topological polar surface area (TPSA) is 55.1 Å². The molecule has 1 fully saturated rings. The van der Waals surface area contributed by atoms with Gasteiger partial charge in [-0.05, 0) is 25.2 Å². The van der Waals surface area contributed by atoms with E-state index in [9.17, 15) is 4.79 Å². The molecule has 0 bridgehead atoms. The van der Waals surface area contributed by atoms with Crippen LogP contribution in [-0.2, 0) is 4.79 Å². The van der Waals surface area contributed by atoms with Gasteiger partial charge in [0.2, 0.25) is 5.91 Å². The quantitative estimate of drug-likeness (QED) is 0.676. The molecule has 1 rings (SSSR count). The van der Waals surface area contributed by atoms with Crippen molar-refractivity contribution in [2.75, 3.05) is 6.54 Å². The second-order valence-corrected chi connectivity index (χ2v) is 4.55. The molecule has 0 saturated heterocycles. The number of nitrogens with one attached hydrogen (secondary N) is 1. The van der Waals surface area contributed by atoms with Gasteiger partial charge < -0.3 is 11.1 Å². The number of hydrogen-bond acceptors (Lipinski definition) is 2. The highest BCUT2D eigenvalue weighted by atomic mass is 16.1. The van der Waals surface area contributed by atoms with Gasteiger partial charge >= 0.3 is 0 Å². The number of rotatable bonds is 7. The summed E-state index contributed by atoms with van der Waals surface area (Å²) in [4.78, 5) is 11.5. The molecule has 0 aromatic carbocycles. The minimum atomic E-state index is 0.130. The predicted molar refractivity (Wildman–Crippen MR) is 62.5 cm³/mol. The molecule has 3 nitrogen and oxygen atoms in total. The average molecular weight is 212 g/mol. The van der Waals surface area contributed by atoms with Gasteiger partial charge in [0.1, 0.15) is 0 Å². The van der Waals surface area contributed by atoms with E-state index in [0.717, 1.165) is 12.3 Å². The standard InChI is InChI=1S/C12H24N2O/c1-2-3-7-11(10-5-4-6-10)14-12(15)8-9-13/h10-11H,2-9,13H2,1H3,(H,14,15). The lowest BCUT2D eigenvalue weighted by Crippen LogP contribution is -2.43. The molecule has 0 spiro atoms. The lowest BCUT2D eigenvalue weighted by Gasteiger charge is -2.34. The highest BCUT2D eigenvalue weighted by Crippen LogP contribution is 2.31. The minimum Gasteiger partial charge on any atom is -0.353 e. The van der Waals surface area contributed by atoms with Crippen molar-refractivity contribution in [1.82, 2.24) is 5.32 Å². The molecule has 3 N–H and O–H groups in total. The van der Waals surface area contributed by atoms with E-state index in [4.69, 9.17) is 5.73 Å². The Bertz CT molecular complexity index is 190. The first-order valence-electron chi connectivity index (χ1n) is 6.27. The summed E-state index contributed by atoms with van der Waals surface area (Å²) >= 11 is 0. The minimum absolute atomic E-state index is 0.130. The fraction of sp³-hybridized carbons (Fsp3) is 0.917. The monoisotopic (exact) mass is 212 g/mol. The maximum Gasteiger partial charge on any atom is 0.221 e. The van der Waals surface area contributed by atoms with Crippen LogP contribution in [0.5, 0.6) is 0 Å². The Morgan fingerprint density at radius 3 is 2.73 bits per heavy atom. The van der Waals surface area contributed by atoms with E-state index >= 15 is 0 Å². The van der Waals surface area contributed by atoms with E-state index in [-0.39, 0.29) is 5.91 Å². The molecule has 3 heteroatoms. The van der Waals surface area contributed by atoms with Crippen LogP contribution in [0.4, 0.5) is 0 Å². The Hall–Kier alpha value is -0.570. The Labute approximate surface area is 92.8 Å². The van der Waals surface area contributed by atoms with Gasteiger partial charge in [-0.25, -0.2) is 0 Å². The van der Waals surface area contributed by atoms with Crippen LogP contribution in [0.1, 0.15) is 51.9 Å². The van der Waals surface area contributed by atoms with Crippen molar-refractivity contribution < 1.29 is 4.79 Å². The molecule has 1 aliphatic rings. The SMILES string of the molecule is CCCCC(NC(=O)CCN)C1CCC1. The Morgan fingerprint density at radius 2 is 2.27 bits per heavy atom. The molecule has 15 heavy (non-hydrogen) atoms. The van der Waals surface area contributed by atoms with Crippen molar-refractivity contribution in [3.05, 3.63) is 0 Å². The molecule has 0 aromatic rings. The third kappa shape index (κ3) is 4.20. The number of nitrogens with two attached hydrogens (primary N) is 1. The number of carbonyl (C=O) groups is 1. The highest BCUT2D eigenvalue weighted by Gasteiger charge is 2.27. The van der Waals surface area contributed by atoms with E-state index < -0.39 is 0 Å². The summed E-state index contributed by atoms with van der Waals surface area (Å²) in [5.41, 5.74) is 5.37. The van der Waals surface area contributed by atoms with Gasteiger partial charge in [0.25, 0.3) is 0 Å². The lowest BCUT2D eigenvalue weighted by atomic mass is 9.78. The summed E-state index contributed by atoms with van der Waals surface area (Å²) in [5, 5.41) is 3.14. The van der Waals surface area contributed by atoms with Gasteiger partial charge in [0, 0.05) is 19.0 Å². The summed E-state index contributed by atoms with van der Waals surface area (Å²) in [6.07, 6.45) is 7.93. The lowest BCUT2D eigenvalue weighted by molar-refractivity contribution is -0.122. The second kappa shape index (κ2) is 6.83. The van der Waals surface area contributed by atoms with Gasteiger partial charge in [-0.3, -0.25) is 4.79 Å². The number of amides is 1. The second-order valence-electron chi connectivity index (χ2n) is 4.55. The summed E-state index contributed by atoms with van der Waals surface area (Å²) < 4.78 is 0. The number of hydrogen-bond donors (Lipinski definition) is 2. The molecule has 1 saturated carbocycles. The first-order valence-corrected chi connectivity index (χ1v) is 6.27. The van der Waals surface area contributed by atoms with E-state index in [1.54, 1.807) is 0 Å².